The van der Waals surface area contributed by atoms with Crippen molar-refractivity contribution in [3.63, 3.8) is 0 Å². The zero-order valence-corrected chi connectivity index (χ0v) is 18.0. The van der Waals surface area contributed by atoms with E-state index in [2.05, 4.69) is 5.32 Å². The monoisotopic (exact) mass is 442 g/mol. The van der Waals surface area contributed by atoms with E-state index in [9.17, 15) is 20.3 Å². The number of para-hydroxylation sites is 2. The molecule has 33 heavy (non-hydrogen) atoms. The number of hydrogen-bond donors (Lipinski definition) is 2. The number of aromatic hydroxyl groups is 1. The maximum Gasteiger partial charge on any atom is 0.222 e. The lowest BCUT2D eigenvalue weighted by Crippen LogP contribution is -2.45. The van der Waals surface area contributed by atoms with E-state index in [1.165, 1.54) is 18.2 Å². The number of hydrogen-bond acceptors (Lipinski definition) is 7. The normalized spacial score (nSPS) is 16.4. The van der Waals surface area contributed by atoms with Crippen LogP contribution in [-0.2, 0) is 6.42 Å². The van der Waals surface area contributed by atoms with Crippen LogP contribution in [0.2, 0.25) is 0 Å². The van der Waals surface area contributed by atoms with Crippen molar-refractivity contribution >= 4 is 39.4 Å². The molecule has 8 heteroatoms. The van der Waals surface area contributed by atoms with Gasteiger partial charge in [-0.3, -0.25) is 4.79 Å². The number of rotatable bonds is 1. The van der Waals surface area contributed by atoms with Crippen LogP contribution in [0.25, 0.3) is 22.4 Å². The molecule has 0 fully saturated rings. The van der Waals surface area contributed by atoms with Gasteiger partial charge in [0.1, 0.15) is 27.8 Å². The molecule has 2 heterocycles. The SMILES string of the molecule is CCc1cc2c(=O)c(=C3Nc4ccccc4N3C)c(=C3C=CC(=[N+]([O-])[O-])C=C3)oc2cc1O. The zero-order valence-electron chi connectivity index (χ0n) is 18.0. The topological polar surface area (TPSA) is 115 Å². The number of anilines is 2. The van der Waals surface area contributed by atoms with Crippen LogP contribution in [-0.4, -0.2) is 22.8 Å². The van der Waals surface area contributed by atoms with Crippen LogP contribution in [0.4, 0.5) is 11.4 Å². The van der Waals surface area contributed by atoms with Crippen LogP contribution in [0.3, 0.4) is 0 Å². The Balaban J connectivity index is 1.93. The highest BCUT2D eigenvalue weighted by molar-refractivity contribution is 6.05. The smallest absolute Gasteiger partial charge is 0.222 e. The molecule has 0 spiro atoms. The largest absolute Gasteiger partial charge is 0.612 e. The fourth-order valence-corrected chi connectivity index (χ4v) is 4.14. The van der Waals surface area contributed by atoms with Crippen LogP contribution in [0.5, 0.6) is 5.75 Å². The molecule has 5 rings (SSSR count). The predicted octanol–water partition coefficient (Wildman–Crippen LogP) is 2.41. The summed E-state index contributed by atoms with van der Waals surface area (Å²) in [7, 11) is 1.85. The summed E-state index contributed by atoms with van der Waals surface area (Å²) in [6.07, 6.45) is 6.39. The Morgan fingerprint density at radius 3 is 2.52 bits per heavy atom. The molecule has 1 aromatic heterocycles. The highest BCUT2D eigenvalue weighted by atomic mass is 16.8. The standard InChI is InChI=1S/C25H20N3O5/c1-3-14-12-17-21(13-20(14)29)33-24(15-8-10-16(11-9-15)28(31)32)22(23(17)30)25-26-18-6-4-5-7-19(18)27(25)2/h4-13H,3H2,1-2H3,(H2-,26,29,30,31,32)/q-1. The van der Waals surface area contributed by atoms with Crippen molar-refractivity contribution in [2.75, 3.05) is 17.3 Å². The first kappa shape index (κ1) is 20.4. The predicted molar refractivity (Wildman–Crippen MR) is 128 cm³/mol. The lowest BCUT2D eigenvalue weighted by molar-refractivity contribution is -0.377. The highest BCUT2D eigenvalue weighted by Crippen LogP contribution is 2.34. The van der Waals surface area contributed by atoms with Gasteiger partial charge < -0.3 is 30.2 Å². The van der Waals surface area contributed by atoms with E-state index in [-0.39, 0.29) is 27.9 Å². The molecule has 0 saturated heterocycles. The number of allylic oxidation sites excluding steroid dienone is 4. The zero-order chi connectivity index (χ0) is 23.3. The van der Waals surface area contributed by atoms with Crippen molar-refractivity contribution in [3.05, 3.63) is 97.5 Å². The third kappa shape index (κ3) is 3.23. The maximum absolute atomic E-state index is 13.8. The van der Waals surface area contributed by atoms with E-state index < -0.39 is 4.90 Å². The first-order valence-corrected chi connectivity index (χ1v) is 10.4. The van der Waals surface area contributed by atoms with Crippen LogP contribution in [0, 0.1) is 10.4 Å². The minimum absolute atomic E-state index is 0.0479. The van der Waals surface area contributed by atoms with Gasteiger partial charge in [0, 0.05) is 30.8 Å². The second-order valence-electron chi connectivity index (χ2n) is 7.82. The van der Waals surface area contributed by atoms with Crippen molar-refractivity contribution in [1.82, 2.24) is 0 Å². The Bertz CT molecular complexity index is 1570. The number of nitrogens with one attached hydrogen (secondary N) is 1. The van der Waals surface area contributed by atoms with Gasteiger partial charge in [-0.05, 0) is 42.3 Å². The number of phenolic OH excluding ortho intramolecular Hbond substituents is 1. The molecule has 0 radical (unpaired) electrons. The van der Waals surface area contributed by atoms with Gasteiger partial charge in [-0.15, -0.1) is 0 Å². The molecule has 0 unspecified atom stereocenters. The molecule has 1 aliphatic heterocycles. The number of phenols is 1. The molecule has 0 bridgehead atoms. The number of nitrogens with zero attached hydrogens (tertiary/aromatic N) is 2. The van der Waals surface area contributed by atoms with E-state index in [0.29, 0.717) is 34.0 Å². The van der Waals surface area contributed by atoms with E-state index in [0.717, 1.165) is 11.4 Å². The average Bonchev–Trinajstić information content (AvgIpc) is 3.15. The average molecular weight is 442 g/mol. The summed E-state index contributed by atoms with van der Waals surface area (Å²) in [6, 6.07) is 10.8. The minimum atomic E-state index is -0.483. The number of fused-ring (bicyclic) bond motifs is 2. The van der Waals surface area contributed by atoms with E-state index in [1.807, 2.05) is 43.1 Å². The third-order valence-electron chi connectivity index (χ3n) is 5.90. The second kappa shape index (κ2) is 7.59. The van der Waals surface area contributed by atoms with Crippen LogP contribution in [0.1, 0.15) is 12.5 Å². The van der Waals surface area contributed by atoms with E-state index in [4.69, 9.17) is 4.42 Å². The fourth-order valence-electron chi connectivity index (χ4n) is 4.14. The summed E-state index contributed by atoms with van der Waals surface area (Å²) >= 11 is 0. The quantitative estimate of drug-likeness (QED) is 0.439. The van der Waals surface area contributed by atoms with Crippen LogP contribution in [0.15, 0.2) is 69.9 Å². The van der Waals surface area contributed by atoms with Crippen LogP contribution < -0.4 is 26.3 Å². The Morgan fingerprint density at radius 1 is 1.12 bits per heavy atom. The van der Waals surface area contributed by atoms with Gasteiger partial charge in [0.15, 0.2) is 0 Å². The Labute approximate surface area is 188 Å². The Hall–Kier alpha value is -4.46. The van der Waals surface area contributed by atoms with E-state index >= 15 is 0 Å². The molecule has 8 nitrogen and oxygen atoms in total. The third-order valence-corrected chi connectivity index (χ3v) is 5.90. The van der Waals surface area contributed by atoms with Gasteiger partial charge in [0.2, 0.25) is 11.1 Å². The maximum atomic E-state index is 13.8. The van der Waals surface area contributed by atoms with Crippen LogP contribution >= 0.6 is 0 Å². The van der Waals surface area contributed by atoms with Gasteiger partial charge in [-0.2, -0.15) is 4.90 Å². The Kier molecular flexibility index (Phi) is 4.70. The molecule has 0 atom stereocenters. The van der Waals surface area contributed by atoms with E-state index in [1.54, 1.807) is 18.2 Å². The molecule has 0 saturated carbocycles. The Morgan fingerprint density at radius 2 is 1.85 bits per heavy atom. The molecular formula is C25H20N3O5-. The summed E-state index contributed by atoms with van der Waals surface area (Å²) in [5.74, 6) is 0.595. The molecule has 2 aromatic carbocycles. The van der Waals surface area contributed by atoms with Gasteiger partial charge in [-0.1, -0.05) is 19.1 Å². The lowest BCUT2D eigenvalue weighted by atomic mass is 10.0. The summed E-state index contributed by atoms with van der Waals surface area (Å²) < 4.78 is 6.18. The summed E-state index contributed by atoms with van der Waals surface area (Å²) in [5.41, 5.74) is 3.08. The molecule has 1 aliphatic carbocycles. The molecular weight excluding hydrogens is 422 g/mol. The summed E-state index contributed by atoms with van der Waals surface area (Å²) in [5, 5.41) is 36.5. The summed E-state index contributed by atoms with van der Waals surface area (Å²) in [6.45, 7) is 1.90. The number of benzene rings is 2. The lowest BCUT2D eigenvalue weighted by Gasteiger charge is -2.14. The van der Waals surface area contributed by atoms with Crippen molar-refractivity contribution in [2.45, 2.75) is 13.3 Å². The first-order valence-electron chi connectivity index (χ1n) is 10.4. The summed E-state index contributed by atoms with van der Waals surface area (Å²) in [4.78, 5) is 15.2. The fraction of sp³-hybridized carbons (Fsp3) is 0.120. The molecule has 2 N–H and O–H groups in total. The van der Waals surface area contributed by atoms with Gasteiger partial charge in [0.25, 0.3) is 0 Å². The van der Waals surface area contributed by atoms with Gasteiger partial charge in [-0.25, -0.2) is 0 Å². The van der Waals surface area contributed by atoms with Crippen molar-refractivity contribution in [1.29, 1.82) is 0 Å². The molecule has 2 aliphatic rings. The molecule has 166 valence electrons. The van der Waals surface area contributed by atoms with Gasteiger partial charge >= 0.3 is 0 Å². The van der Waals surface area contributed by atoms with Crippen molar-refractivity contribution < 1.29 is 14.4 Å². The second-order valence-corrected chi connectivity index (χ2v) is 7.82. The number of aryl methyl sites for hydroxylation is 1. The van der Waals surface area contributed by atoms with Gasteiger partial charge in [0.05, 0.1) is 16.8 Å². The van der Waals surface area contributed by atoms with Crippen molar-refractivity contribution in [3.8, 4) is 5.75 Å². The minimum Gasteiger partial charge on any atom is -0.612 e. The van der Waals surface area contributed by atoms with Crippen molar-refractivity contribution in [2.24, 2.45) is 0 Å². The molecule has 0 amide bonds. The highest BCUT2D eigenvalue weighted by Gasteiger charge is 2.24. The molecule has 3 aromatic rings. The first-order chi connectivity index (χ1) is 15.9.